The summed E-state index contributed by atoms with van der Waals surface area (Å²) in [6.07, 6.45) is 8.07. The Bertz CT molecular complexity index is 852. The van der Waals surface area contributed by atoms with Crippen LogP contribution in [-0.2, 0) is 14.3 Å². The van der Waals surface area contributed by atoms with E-state index in [-0.39, 0.29) is 35.3 Å². The van der Waals surface area contributed by atoms with E-state index in [4.69, 9.17) is 4.74 Å². The van der Waals surface area contributed by atoms with Crippen molar-refractivity contribution in [1.82, 2.24) is 10.6 Å². The number of aryl methyl sites for hydroxylation is 1. The quantitative estimate of drug-likeness (QED) is 0.178. The van der Waals surface area contributed by atoms with Gasteiger partial charge in [-0.25, -0.2) is 0 Å². The minimum absolute atomic E-state index is 0.000185. The van der Waals surface area contributed by atoms with Crippen LogP contribution in [-0.4, -0.2) is 30.6 Å². The molecule has 35 heavy (non-hydrogen) atoms. The molecule has 0 saturated carbocycles. The number of carbonyl (C=O) groups is 3. The summed E-state index contributed by atoms with van der Waals surface area (Å²) in [5.41, 5.74) is 1.97. The summed E-state index contributed by atoms with van der Waals surface area (Å²) in [4.78, 5) is 36.9. The van der Waals surface area contributed by atoms with Crippen molar-refractivity contribution in [2.24, 2.45) is 11.3 Å². The van der Waals surface area contributed by atoms with Crippen molar-refractivity contribution >= 4 is 23.5 Å². The summed E-state index contributed by atoms with van der Waals surface area (Å²) >= 11 is 0. The molecule has 0 saturated heterocycles. The molecule has 7 heteroatoms. The summed E-state index contributed by atoms with van der Waals surface area (Å²) in [6.45, 7) is 14.3. The van der Waals surface area contributed by atoms with E-state index in [9.17, 15) is 14.4 Å². The maximum absolute atomic E-state index is 12.6. The molecule has 196 valence electrons. The molecule has 7 nitrogen and oxygen atoms in total. The zero-order valence-electron chi connectivity index (χ0n) is 22.6. The van der Waals surface area contributed by atoms with Crippen molar-refractivity contribution < 1.29 is 19.1 Å². The van der Waals surface area contributed by atoms with E-state index in [1.54, 1.807) is 24.4 Å². The topological polar surface area (TPSA) is 96.5 Å². The maximum Gasteiger partial charge on any atom is 0.308 e. The second kappa shape index (κ2) is 15.2. The molecule has 0 aliphatic rings. The average Bonchev–Trinajstić information content (AvgIpc) is 2.75. The molecule has 0 bridgehead atoms. The summed E-state index contributed by atoms with van der Waals surface area (Å²) in [5.74, 6) is -0.356. The van der Waals surface area contributed by atoms with E-state index in [1.165, 1.54) is 0 Å². The van der Waals surface area contributed by atoms with Gasteiger partial charge in [0, 0.05) is 24.1 Å². The van der Waals surface area contributed by atoms with Gasteiger partial charge in [-0.05, 0) is 62.1 Å². The van der Waals surface area contributed by atoms with Crippen LogP contribution in [0.4, 0.5) is 5.69 Å². The lowest BCUT2D eigenvalue weighted by Gasteiger charge is -2.18. The molecule has 1 aromatic rings. The van der Waals surface area contributed by atoms with E-state index in [1.807, 2.05) is 40.7 Å². The monoisotopic (exact) mass is 487 g/mol. The van der Waals surface area contributed by atoms with Crippen LogP contribution >= 0.6 is 0 Å². The van der Waals surface area contributed by atoms with Gasteiger partial charge in [-0.15, -0.1) is 0 Å². The first-order valence-electron chi connectivity index (χ1n) is 12.8. The van der Waals surface area contributed by atoms with Crippen molar-refractivity contribution in [2.45, 2.75) is 93.2 Å². The van der Waals surface area contributed by atoms with Crippen molar-refractivity contribution in [1.29, 1.82) is 0 Å². The highest BCUT2D eigenvalue weighted by Gasteiger charge is 2.18. The molecule has 0 fully saturated rings. The van der Waals surface area contributed by atoms with Crippen LogP contribution in [0.2, 0.25) is 0 Å². The van der Waals surface area contributed by atoms with E-state index < -0.39 is 0 Å². The molecule has 0 heterocycles. The van der Waals surface area contributed by atoms with Gasteiger partial charge in [-0.3, -0.25) is 14.4 Å². The number of esters is 1. The van der Waals surface area contributed by atoms with Crippen LogP contribution in [0.5, 0.6) is 0 Å². The molecule has 1 unspecified atom stereocenters. The maximum atomic E-state index is 12.6. The number of rotatable bonds is 14. The zero-order valence-corrected chi connectivity index (χ0v) is 22.6. The molecule has 0 aliphatic carbocycles. The lowest BCUT2D eigenvalue weighted by atomic mass is 9.92. The Morgan fingerprint density at radius 3 is 2.31 bits per heavy atom. The second-order valence-corrected chi connectivity index (χ2v) is 10.3. The number of hydrogen-bond acceptors (Lipinski definition) is 5. The first-order valence-corrected chi connectivity index (χ1v) is 12.8. The average molecular weight is 488 g/mol. The largest absolute Gasteiger partial charge is 0.465 e. The van der Waals surface area contributed by atoms with Crippen molar-refractivity contribution in [3.05, 3.63) is 41.6 Å². The van der Waals surface area contributed by atoms with Crippen molar-refractivity contribution in [2.75, 3.05) is 11.9 Å². The molecule has 2 amide bonds. The van der Waals surface area contributed by atoms with Gasteiger partial charge < -0.3 is 20.7 Å². The fourth-order valence-corrected chi connectivity index (χ4v) is 3.66. The van der Waals surface area contributed by atoms with E-state index in [0.29, 0.717) is 30.7 Å². The predicted octanol–water partition coefficient (Wildman–Crippen LogP) is 5.70. The normalized spacial score (nSPS) is 12.5. The van der Waals surface area contributed by atoms with E-state index in [2.05, 4.69) is 29.8 Å². The fraction of sp³-hybridized carbons (Fsp3) is 0.607. The minimum Gasteiger partial charge on any atom is -0.465 e. The molecule has 0 aromatic heterocycles. The highest BCUT2D eigenvalue weighted by Crippen LogP contribution is 2.22. The Labute approximate surface area is 211 Å². The van der Waals surface area contributed by atoms with Crippen LogP contribution in [0, 0.1) is 18.3 Å². The number of amides is 2. The van der Waals surface area contributed by atoms with Crippen LogP contribution in [0.25, 0.3) is 0 Å². The standard InChI is InChI=1S/C28H45N3O4/c1-8-12-22(13-9-2)27(34)35-17-11-10-16-29-21(4)30-26(33)23-14-15-24(20(3)18-23)31-25(32)19-28(5,6)7/h10,14-16,18,21-22,29H,8-9,11-13,17,19H2,1-7H3,(H,30,33)(H,31,32)/b16-10-. The molecule has 1 aromatic carbocycles. The fourth-order valence-electron chi connectivity index (χ4n) is 3.66. The first-order chi connectivity index (χ1) is 16.5. The van der Waals surface area contributed by atoms with Crippen LogP contribution in [0.3, 0.4) is 0 Å². The van der Waals surface area contributed by atoms with Gasteiger partial charge in [0.1, 0.15) is 0 Å². The number of nitrogens with one attached hydrogen (secondary N) is 3. The molecule has 0 radical (unpaired) electrons. The minimum atomic E-state index is -0.286. The Hall–Kier alpha value is -2.83. The first kappa shape index (κ1) is 30.2. The Balaban J connectivity index is 2.44. The summed E-state index contributed by atoms with van der Waals surface area (Å²) in [7, 11) is 0. The van der Waals surface area contributed by atoms with Crippen molar-refractivity contribution in [3.8, 4) is 0 Å². The van der Waals surface area contributed by atoms with Gasteiger partial charge in [0.2, 0.25) is 5.91 Å². The molecule has 1 rings (SSSR count). The molecule has 1 atom stereocenters. The van der Waals surface area contributed by atoms with Crippen LogP contribution in [0.1, 0.15) is 96.0 Å². The lowest BCUT2D eigenvalue weighted by molar-refractivity contribution is -0.149. The number of anilines is 1. The van der Waals surface area contributed by atoms with Gasteiger partial charge in [0.25, 0.3) is 5.91 Å². The lowest BCUT2D eigenvalue weighted by Crippen LogP contribution is -2.40. The van der Waals surface area contributed by atoms with Crippen LogP contribution < -0.4 is 16.0 Å². The number of ether oxygens (including phenoxy) is 1. The third kappa shape index (κ3) is 12.4. The third-order valence-electron chi connectivity index (χ3n) is 5.40. The predicted molar refractivity (Wildman–Crippen MR) is 142 cm³/mol. The van der Waals surface area contributed by atoms with E-state index in [0.717, 1.165) is 31.2 Å². The molecule has 0 spiro atoms. The summed E-state index contributed by atoms with van der Waals surface area (Å²) < 4.78 is 5.39. The third-order valence-corrected chi connectivity index (χ3v) is 5.40. The number of carbonyl (C=O) groups excluding carboxylic acids is 3. The Morgan fingerprint density at radius 2 is 1.74 bits per heavy atom. The SMILES string of the molecule is CCCC(CCC)C(=O)OCC/C=C\NC(C)NC(=O)c1ccc(NC(=O)CC(C)(C)C)c(C)c1. The summed E-state index contributed by atoms with van der Waals surface area (Å²) in [6, 6.07) is 5.23. The van der Waals surface area contributed by atoms with Gasteiger partial charge in [-0.2, -0.15) is 0 Å². The van der Waals surface area contributed by atoms with Gasteiger partial charge in [-0.1, -0.05) is 53.5 Å². The Kier molecular flexibility index (Phi) is 13.1. The smallest absolute Gasteiger partial charge is 0.308 e. The highest BCUT2D eigenvalue weighted by molar-refractivity contribution is 5.96. The molecular weight excluding hydrogens is 442 g/mol. The highest BCUT2D eigenvalue weighted by atomic mass is 16.5. The van der Waals surface area contributed by atoms with Gasteiger partial charge >= 0.3 is 5.97 Å². The number of benzene rings is 1. The second-order valence-electron chi connectivity index (χ2n) is 10.3. The van der Waals surface area contributed by atoms with E-state index >= 15 is 0 Å². The number of hydrogen-bond donors (Lipinski definition) is 3. The Morgan fingerprint density at radius 1 is 1.09 bits per heavy atom. The van der Waals surface area contributed by atoms with Crippen LogP contribution in [0.15, 0.2) is 30.5 Å². The van der Waals surface area contributed by atoms with Gasteiger partial charge in [0.15, 0.2) is 0 Å². The molecule has 3 N–H and O–H groups in total. The zero-order chi connectivity index (χ0) is 26.4. The summed E-state index contributed by atoms with van der Waals surface area (Å²) in [5, 5.41) is 8.91. The molecular formula is C28H45N3O4. The molecule has 0 aliphatic heterocycles. The van der Waals surface area contributed by atoms with Crippen molar-refractivity contribution in [3.63, 3.8) is 0 Å². The van der Waals surface area contributed by atoms with Gasteiger partial charge in [0.05, 0.1) is 18.7 Å².